The molecular weight excluding hydrogens is 345 g/mol. The number of primary amides is 1. The number of benzene rings is 1. The van der Waals surface area contributed by atoms with Gasteiger partial charge in [0.2, 0.25) is 11.8 Å². The number of amides is 2. The van der Waals surface area contributed by atoms with E-state index in [4.69, 9.17) is 17.3 Å². The molecule has 0 aliphatic heterocycles. The molecule has 25 heavy (non-hydrogen) atoms. The van der Waals surface area contributed by atoms with E-state index in [1.54, 1.807) is 6.42 Å². The Hall–Kier alpha value is -1.82. The summed E-state index contributed by atoms with van der Waals surface area (Å²) in [6.45, 7) is -0.0182. The first kappa shape index (κ1) is 19.5. The molecule has 2 rings (SSSR count). The molecule has 4 N–H and O–H groups in total. The molecule has 1 unspecified atom stereocenters. The van der Waals surface area contributed by atoms with Crippen LogP contribution >= 0.6 is 11.6 Å². The highest BCUT2D eigenvalue weighted by Crippen LogP contribution is 2.26. The van der Waals surface area contributed by atoms with Gasteiger partial charge < -0.3 is 16.4 Å². The fourth-order valence-electron chi connectivity index (χ4n) is 2.99. The van der Waals surface area contributed by atoms with Crippen molar-refractivity contribution in [1.82, 2.24) is 5.32 Å². The highest BCUT2D eigenvalue weighted by molar-refractivity contribution is 6.30. The number of carbonyl (C=O) groups is 2. The molecule has 0 aromatic heterocycles. The molecule has 1 aliphatic carbocycles. The van der Waals surface area contributed by atoms with Gasteiger partial charge >= 0.3 is 0 Å². The van der Waals surface area contributed by atoms with Gasteiger partial charge in [-0.3, -0.25) is 9.59 Å². The van der Waals surface area contributed by atoms with Gasteiger partial charge in [0.1, 0.15) is 11.9 Å². The van der Waals surface area contributed by atoms with Crippen LogP contribution in [0.2, 0.25) is 5.02 Å². The second-order valence-electron chi connectivity index (χ2n) is 6.41. The van der Waals surface area contributed by atoms with Crippen LogP contribution in [0, 0.1) is 18.2 Å². The normalized spacial score (nSPS) is 16.2. The minimum atomic E-state index is -0.937. The summed E-state index contributed by atoms with van der Waals surface area (Å²) in [5.41, 5.74) is 5.48. The lowest BCUT2D eigenvalue weighted by molar-refractivity contribution is -0.125. The van der Waals surface area contributed by atoms with E-state index in [0.29, 0.717) is 17.4 Å². The van der Waals surface area contributed by atoms with Crippen LogP contribution in [0.15, 0.2) is 18.2 Å². The van der Waals surface area contributed by atoms with E-state index >= 15 is 0 Å². The van der Waals surface area contributed by atoms with Crippen molar-refractivity contribution in [3.63, 3.8) is 0 Å². The molecule has 5 nitrogen and oxygen atoms in total. The van der Waals surface area contributed by atoms with Crippen LogP contribution in [0.5, 0.6) is 0 Å². The van der Waals surface area contributed by atoms with E-state index in [0.717, 1.165) is 12.8 Å². The number of anilines is 1. The molecule has 2 amide bonds. The monoisotopic (exact) mass is 368 g/mol. The number of carbonyl (C=O) groups excluding carboxylic acids is 2. The summed E-state index contributed by atoms with van der Waals surface area (Å²) >= 11 is 5.82. The number of nitrogens with two attached hydrogens (primary N) is 1. The first-order chi connectivity index (χ1) is 12.0. The number of hydrogen-bond acceptors (Lipinski definition) is 3. The van der Waals surface area contributed by atoms with Crippen LogP contribution in [-0.4, -0.2) is 24.4 Å². The Labute approximate surface area is 152 Å². The topological polar surface area (TPSA) is 84.2 Å². The van der Waals surface area contributed by atoms with Crippen molar-refractivity contribution in [2.45, 2.75) is 44.6 Å². The van der Waals surface area contributed by atoms with Crippen LogP contribution in [0.1, 0.15) is 38.5 Å². The molecule has 0 heterocycles. The molecule has 0 bridgehead atoms. The predicted molar refractivity (Wildman–Crippen MR) is 96.5 cm³/mol. The lowest BCUT2D eigenvalue weighted by atomic mass is 9.86. The van der Waals surface area contributed by atoms with Gasteiger partial charge in [0.05, 0.1) is 5.69 Å². The first-order valence-electron chi connectivity index (χ1n) is 8.57. The number of rotatable bonds is 8. The van der Waals surface area contributed by atoms with Crippen molar-refractivity contribution < 1.29 is 14.0 Å². The third-order valence-corrected chi connectivity index (χ3v) is 4.68. The minimum Gasteiger partial charge on any atom is -0.380 e. The van der Waals surface area contributed by atoms with Gasteiger partial charge in [0.15, 0.2) is 0 Å². The zero-order valence-corrected chi connectivity index (χ0v) is 14.8. The van der Waals surface area contributed by atoms with Crippen molar-refractivity contribution in [2.24, 2.45) is 11.7 Å². The smallest absolute Gasteiger partial charge is 0.241 e. The van der Waals surface area contributed by atoms with E-state index < -0.39 is 17.8 Å². The van der Waals surface area contributed by atoms with Crippen LogP contribution in [-0.2, 0) is 9.59 Å². The highest BCUT2D eigenvalue weighted by Gasteiger charge is 2.20. The Bertz CT molecular complexity index is 606. The van der Waals surface area contributed by atoms with Crippen molar-refractivity contribution in [2.75, 3.05) is 11.9 Å². The summed E-state index contributed by atoms with van der Waals surface area (Å²) in [5.74, 6) is -0.981. The van der Waals surface area contributed by atoms with Crippen molar-refractivity contribution in [3.05, 3.63) is 35.5 Å². The van der Waals surface area contributed by atoms with Gasteiger partial charge in [-0.1, -0.05) is 43.7 Å². The maximum Gasteiger partial charge on any atom is 0.241 e. The molecule has 7 heteroatoms. The van der Waals surface area contributed by atoms with E-state index in [9.17, 15) is 14.0 Å². The third-order valence-electron chi connectivity index (χ3n) is 4.45. The number of nitrogens with one attached hydrogen (secondary N) is 2. The van der Waals surface area contributed by atoms with Crippen LogP contribution in [0.3, 0.4) is 0 Å². The van der Waals surface area contributed by atoms with E-state index in [2.05, 4.69) is 10.6 Å². The maximum atomic E-state index is 13.7. The van der Waals surface area contributed by atoms with Gasteiger partial charge in [0, 0.05) is 18.0 Å². The van der Waals surface area contributed by atoms with Crippen LogP contribution < -0.4 is 16.4 Å². The fourth-order valence-corrected chi connectivity index (χ4v) is 3.17. The molecule has 137 valence electrons. The lowest BCUT2D eigenvalue weighted by Gasteiger charge is -2.22. The SMILES string of the molecule is NC(=O)C(CNc1cc(Cl)ccc1F)NC(=O)[CH]CC1CCCCC1. The zero-order chi connectivity index (χ0) is 18.2. The Morgan fingerprint density at radius 1 is 1.32 bits per heavy atom. The van der Waals surface area contributed by atoms with Gasteiger partial charge in [0.25, 0.3) is 0 Å². The molecule has 1 saturated carbocycles. The van der Waals surface area contributed by atoms with Crippen molar-refractivity contribution in [3.8, 4) is 0 Å². The fraction of sp³-hybridized carbons (Fsp3) is 0.500. The summed E-state index contributed by atoms with van der Waals surface area (Å²) in [6.07, 6.45) is 8.23. The second kappa shape index (κ2) is 9.61. The lowest BCUT2D eigenvalue weighted by Crippen LogP contribution is -2.48. The second-order valence-corrected chi connectivity index (χ2v) is 6.85. The average Bonchev–Trinajstić information content (AvgIpc) is 2.60. The summed E-state index contributed by atoms with van der Waals surface area (Å²) in [6, 6.07) is 3.12. The van der Waals surface area contributed by atoms with Gasteiger partial charge in [-0.25, -0.2) is 4.39 Å². The third kappa shape index (κ3) is 6.53. The molecule has 1 aromatic carbocycles. The van der Waals surface area contributed by atoms with Crippen molar-refractivity contribution >= 4 is 29.1 Å². The Morgan fingerprint density at radius 3 is 2.72 bits per heavy atom. The molecule has 1 fully saturated rings. The standard InChI is InChI=1S/C18H24ClFN3O2/c19-13-7-8-14(20)15(10-13)22-11-16(18(21)25)23-17(24)9-6-12-4-2-1-3-5-12/h7-10,12,16,22H,1-6,11H2,(H2,21,25)(H,23,24). The van der Waals surface area contributed by atoms with Crippen molar-refractivity contribution in [1.29, 1.82) is 0 Å². The van der Waals surface area contributed by atoms with Gasteiger partial charge in [-0.2, -0.15) is 0 Å². The molecule has 1 aliphatic rings. The zero-order valence-electron chi connectivity index (χ0n) is 14.1. The van der Waals surface area contributed by atoms with Gasteiger partial charge in [-0.05, 0) is 30.5 Å². The number of halogens is 2. The summed E-state index contributed by atoms with van der Waals surface area (Å²) in [4.78, 5) is 23.6. The Balaban J connectivity index is 1.82. The molecule has 1 radical (unpaired) electrons. The molecule has 1 atom stereocenters. The largest absolute Gasteiger partial charge is 0.380 e. The molecule has 0 saturated heterocycles. The number of hydrogen-bond donors (Lipinski definition) is 3. The van der Waals surface area contributed by atoms with Gasteiger partial charge in [-0.15, -0.1) is 0 Å². The first-order valence-corrected chi connectivity index (χ1v) is 8.95. The summed E-state index contributed by atoms with van der Waals surface area (Å²) < 4.78 is 13.7. The Morgan fingerprint density at radius 2 is 2.04 bits per heavy atom. The Kier molecular flexibility index (Phi) is 7.50. The maximum absolute atomic E-state index is 13.7. The van der Waals surface area contributed by atoms with E-state index in [-0.39, 0.29) is 18.1 Å². The van der Waals surface area contributed by atoms with Crippen LogP contribution in [0.4, 0.5) is 10.1 Å². The molecular formula is C18H24ClFN3O2. The average molecular weight is 369 g/mol. The summed E-state index contributed by atoms with van der Waals surface area (Å²) in [7, 11) is 0. The van der Waals surface area contributed by atoms with E-state index in [1.807, 2.05) is 0 Å². The molecule has 1 aromatic rings. The highest BCUT2D eigenvalue weighted by atomic mass is 35.5. The molecule has 0 spiro atoms. The minimum absolute atomic E-state index is 0.0182. The predicted octanol–water partition coefficient (Wildman–Crippen LogP) is 3.04. The van der Waals surface area contributed by atoms with E-state index in [1.165, 1.54) is 37.5 Å². The quantitative estimate of drug-likeness (QED) is 0.659. The van der Waals surface area contributed by atoms with Crippen LogP contribution in [0.25, 0.3) is 0 Å². The summed E-state index contributed by atoms with van der Waals surface area (Å²) in [5, 5.41) is 5.70.